The van der Waals surface area contributed by atoms with Crippen molar-refractivity contribution in [1.82, 2.24) is 35.1 Å². The fraction of sp³-hybridized carbons (Fsp3) is 0.405. The summed E-state index contributed by atoms with van der Waals surface area (Å²) in [5.74, 6) is -2.14. The number of Topliss-reactive ketones (excluding diaryl/α,β-unsaturated/α-hetero) is 1. The Morgan fingerprint density at radius 3 is 2.64 bits per heavy atom. The molecule has 3 aromatic heterocycles. The molecule has 6 rings (SSSR count). The number of methoxy groups -OCH3 is 1. The molecule has 2 aliphatic rings. The number of fused-ring (bicyclic) bond motifs is 1. The fourth-order valence-corrected chi connectivity index (χ4v) is 8.07. The Morgan fingerprint density at radius 1 is 1.19 bits per heavy atom. The molecule has 2 aliphatic heterocycles. The minimum Gasteiger partial charge on any atom is -0.541 e. The molecule has 0 aliphatic carbocycles. The van der Waals surface area contributed by atoms with E-state index in [0.29, 0.717) is 29.6 Å². The number of rotatable bonds is 16. The summed E-state index contributed by atoms with van der Waals surface area (Å²) in [5, 5.41) is 16.8. The monoisotopic (exact) mass is 848 g/mol. The highest BCUT2D eigenvalue weighted by atomic mass is 35.5. The number of thioether (sulfide) groups is 1. The lowest BCUT2D eigenvalue weighted by Crippen LogP contribution is -2.63. The molecule has 0 spiro atoms. The Balaban J connectivity index is 1.29. The first kappa shape index (κ1) is 42.4. The van der Waals surface area contributed by atoms with Gasteiger partial charge < -0.3 is 23.7 Å². The third kappa shape index (κ3) is 9.74. The number of ether oxygens (including phenoxy) is 3. The molecular weight excluding hydrogens is 811 g/mol. The van der Waals surface area contributed by atoms with Crippen LogP contribution in [0.2, 0.25) is 4.34 Å². The number of β-lactam (4-membered cyclic amide) rings is 1. The molecule has 5 heterocycles. The predicted octanol–water partition coefficient (Wildman–Crippen LogP) is 4.14. The van der Waals surface area contributed by atoms with Crippen LogP contribution in [0.1, 0.15) is 61.8 Å². The van der Waals surface area contributed by atoms with Crippen LogP contribution in [0.4, 0.5) is 0 Å². The molecule has 1 saturated heterocycles. The van der Waals surface area contributed by atoms with E-state index in [1.165, 1.54) is 23.6 Å². The number of benzene rings is 1. The van der Waals surface area contributed by atoms with Crippen LogP contribution in [0.15, 0.2) is 58.3 Å². The summed E-state index contributed by atoms with van der Waals surface area (Å²) in [6, 6.07) is 9.44. The van der Waals surface area contributed by atoms with Crippen molar-refractivity contribution in [1.29, 1.82) is 0 Å². The van der Waals surface area contributed by atoms with E-state index in [2.05, 4.69) is 35.3 Å². The van der Waals surface area contributed by atoms with E-state index in [-0.39, 0.29) is 33.8 Å². The van der Waals surface area contributed by atoms with Gasteiger partial charge in [-0.25, -0.2) is 14.5 Å². The summed E-state index contributed by atoms with van der Waals surface area (Å²) in [4.78, 5) is 69.1. The van der Waals surface area contributed by atoms with Gasteiger partial charge in [0.2, 0.25) is 12.0 Å². The number of aromatic nitrogens is 6. The molecule has 0 bridgehead atoms. The molecule has 302 valence electrons. The largest absolute Gasteiger partial charge is 0.541 e. The third-order valence-corrected chi connectivity index (χ3v) is 11.2. The van der Waals surface area contributed by atoms with Gasteiger partial charge in [0.15, 0.2) is 17.3 Å². The van der Waals surface area contributed by atoms with E-state index in [9.17, 15) is 19.2 Å². The summed E-state index contributed by atoms with van der Waals surface area (Å²) in [6.07, 6.45) is 0.542. The van der Waals surface area contributed by atoms with Crippen LogP contribution in [-0.2, 0) is 51.1 Å². The SMILES string of the molecule is [B]OC(=O)[C@H](C)O/N=C(\C(=O)C[C@@H]1C(=O)N2C(c3nnnn3Cc3ccc(OC)cc3C)=C(CSc3ccncc3)CO[C@H]12)c1nc(CC(=O)OC(C)(C)C)sc1Cl. The lowest BCUT2D eigenvalue weighted by atomic mass is 9.86. The van der Waals surface area contributed by atoms with Crippen molar-refractivity contribution >= 4 is 77.8 Å². The number of hydrogen-bond acceptors (Lipinski definition) is 17. The first-order valence-electron chi connectivity index (χ1n) is 17.8. The van der Waals surface area contributed by atoms with Crippen LogP contribution in [0, 0.1) is 12.8 Å². The molecule has 4 aromatic rings. The fourth-order valence-electron chi connectivity index (χ4n) is 6.02. The van der Waals surface area contributed by atoms with Gasteiger partial charge in [0.05, 0.1) is 38.3 Å². The van der Waals surface area contributed by atoms with Gasteiger partial charge in [-0.15, -0.1) is 28.2 Å². The molecular formula is C37H38BClN8O9S2. The van der Waals surface area contributed by atoms with Crippen LogP contribution in [0.5, 0.6) is 5.75 Å². The molecule has 1 amide bonds. The van der Waals surface area contributed by atoms with Crippen LogP contribution >= 0.6 is 34.7 Å². The second kappa shape index (κ2) is 18.2. The maximum absolute atomic E-state index is 14.2. The smallest absolute Gasteiger partial charge is 0.378 e. The third-order valence-electron chi connectivity index (χ3n) is 8.82. The summed E-state index contributed by atoms with van der Waals surface area (Å²) in [7, 11) is 6.60. The van der Waals surface area contributed by atoms with Gasteiger partial charge in [-0.1, -0.05) is 22.8 Å². The van der Waals surface area contributed by atoms with Crippen molar-refractivity contribution in [2.45, 2.75) is 76.8 Å². The summed E-state index contributed by atoms with van der Waals surface area (Å²) < 4.78 is 22.9. The quantitative estimate of drug-likeness (QED) is 0.0389. The molecule has 1 aromatic carbocycles. The topological polar surface area (TPSA) is 199 Å². The van der Waals surface area contributed by atoms with Crippen molar-refractivity contribution in [3.8, 4) is 5.75 Å². The number of esters is 1. The van der Waals surface area contributed by atoms with Crippen LogP contribution in [0.25, 0.3) is 5.70 Å². The lowest BCUT2D eigenvalue weighted by Gasteiger charge is -2.50. The zero-order valence-electron chi connectivity index (χ0n) is 32.3. The van der Waals surface area contributed by atoms with Crippen LogP contribution < -0.4 is 4.74 Å². The Morgan fingerprint density at radius 2 is 1.95 bits per heavy atom. The predicted molar refractivity (Wildman–Crippen MR) is 212 cm³/mol. The maximum atomic E-state index is 14.2. The number of amides is 1. The van der Waals surface area contributed by atoms with Crippen molar-refractivity contribution in [2.75, 3.05) is 19.5 Å². The Bertz CT molecular complexity index is 2260. The number of carbonyl (C=O) groups excluding carboxylic acids is 4. The van der Waals surface area contributed by atoms with E-state index in [0.717, 1.165) is 32.9 Å². The summed E-state index contributed by atoms with van der Waals surface area (Å²) >= 11 is 9.02. The van der Waals surface area contributed by atoms with E-state index in [1.807, 2.05) is 37.3 Å². The number of aryl methyl sites for hydroxylation is 1. The Labute approximate surface area is 347 Å². The normalized spacial score (nSPS) is 17.3. The molecule has 58 heavy (non-hydrogen) atoms. The second-order valence-electron chi connectivity index (χ2n) is 14.1. The van der Waals surface area contributed by atoms with Gasteiger partial charge in [-0.2, -0.15) is 0 Å². The standard InChI is InChI=1S/C37H38BClN8O9S2/c1-19-13-23(52-6)8-7-21(19)16-46-33(42-44-45-46)31-22(18-57-24-9-11-40-12-10-24)17-53-35-25(34(50)47(31)35)14-26(48)29(43-56-20(2)36(51)55-38)30-32(39)58-27(41-30)15-28(49)54-37(3,4)5/h7-13,20,25,35H,14-18H2,1-6H3/b43-29+/t20-,25+,35+/m0/s1. The van der Waals surface area contributed by atoms with Gasteiger partial charge in [0.1, 0.15) is 32.6 Å². The Kier molecular flexibility index (Phi) is 13.3. The van der Waals surface area contributed by atoms with Crippen LogP contribution in [-0.4, -0.2) is 110 Å². The summed E-state index contributed by atoms with van der Waals surface area (Å²) in [6.45, 7) is 8.84. The maximum Gasteiger partial charge on any atom is 0.378 e. The second-order valence-corrected chi connectivity index (χ2v) is 16.9. The molecule has 21 heteroatoms. The van der Waals surface area contributed by atoms with Gasteiger partial charge in [-0.3, -0.25) is 24.3 Å². The number of oxime groups is 1. The van der Waals surface area contributed by atoms with E-state index in [1.54, 1.807) is 45.0 Å². The highest BCUT2D eigenvalue weighted by molar-refractivity contribution is 7.99. The van der Waals surface area contributed by atoms with E-state index >= 15 is 0 Å². The van der Waals surface area contributed by atoms with Crippen molar-refractivity contribution in [2.24, 2.45) is 11.1 Å². The highest BCUT2D eigenvalue weighted by Gasteiger charge is 2.54. The number of carbonyl (C=O) groups is 4. The number of halogens is 1. The number of pyridine rings is 1. The van der Waals surface area contributed by atoms with Gasteiger partial charge in [0.25, 0.3) is 0 Å². The average molecular weight is 849 g/mol. The van der Waals surface area contributed by atoms with Gasteiger partial charge in [0, 0.05) is 29.5 Å². The van der Waals surface area contributed by atoms with Crippen LogP contribution in [0.3, 0.4) is 0 Å². The number of tetrazole rings is 1. The van der Waals surface area contributed by atoms with Crippen molar-refractivity contribution < 1.29 is 42.9 Å². The van der Waals surface area contributed by atoms with Gasteiger partial charge in [-0.05, 0) is 86.0 Å². The van der Waals surface area contributed by atoms with Gasteiger partial charge >= 0.3 is 20.0 Å². The molecule has 0 N–H and O–H groups in total. The molecule has 1 fully saturated rings. The first-order valence-corrected chi connectivity index (χ1v) is 20.0. The minimum absolute atomic E-state index is 0.0132. The lowest BCUT2D eigenvalue weighted by molar-refractivity contribution is -0.184. The number of thiazole rings is 1. The molecule has 0 saturated carbocycles. The molecule has 17 nitrogen and oxygen atoms in total. The first-order chi connectivity index (χ1) is 27.7. The highest BCUT2D eigenvalue weighted by Crippen LogP contribution is 2.43. The molecule has 2 radical (unpaired) electrons. The minimum atomic E-state index is -1.32. The van der Waals surface area contributed by atoms with Crippen molar-refractivity contribution in [3.63, 3.8) is 0 Å². The molecule has 3 atom stereocenters. The molecule has 0 unspecified atom stereocenters. The number of hydrogen-bond donors (Lipinski definition) is 0. The zero-order chi connectivity index (χ0) is 41.7. The van der Waals surface area contributed by atoms with E-state index < -0.39 is 53.9 Å². The number of ketones is 1. The zero-order valence-corrected chi connectivity index (χ0v) is 34.7. The Hall–Kier alpha value is -5.18. The number of nitrogens with zero attached hydrogens (tertiary/aromatic N) is 8. The van der Waals surface area contributed by atoms with E-state index in [4.69, 9.17) is 38.7 Å². The summed E-state index contributed by atoms with van der Waals surface area (Å²) in [5.41, 5.74) is 1.87. The van der Waals surface area contributed by atoms with Crippen molar-refractivity contribution in [3.05, 3.63) is 80.3 Å². The average Bonchev–Trinajstić information content (AvgIpc) is 3.80.